The Balaban J connectivity index is 1.44. The molecule has 4 heteroatoms. The molecule has 2 heterocycles. The van der Waals surface area contributed by atoms with E-state index in [1.807, 2.05) is 6.07 Å². The molecule has 0 unspecified atom stereocenters. The van der Waals surface area contributed by atoms with E-state index < -0.39 is 0 Å². The average Bonchev–Trinajstić information content (AvgIpc) is 3.09. The molecule has 2 N–H and O–H groups in total. The van der Waals surface area contributed by atoms with Gasteiger partial charge < -0.3 is 20.1 Å². The van der Waals surface area contributed by atoms with Crippen LogP contribution in [0.2, 0.25) is 0 Å². The normalized spacial score (nSPS) is 23.0. The maximum absolute atomic E-state index is 5.46. The molecule has 2 aromatic carbocycles. The highest BCUT2D eigenvalue weighted by atomic mass is 16.7. The van der Waals surface area contributed by atoms with Crippen LogP contribution < -0.4 is 20.1 Å². The van der Waals surface area contributed by atoms with Gasteiger partial charge in [-0.05, 0) is 42.6 Å². The highest BCUT2D eigenvalue weighted by Crippen LogP contribution is 2.32. The van der Waals surface area contributed by atoms with E-state index in [1.54, 1.807) is 0 Å². The van der Waals surface area contributed by atoms with Crippen molar-refractivity contribution in [3.05, 3.63) is 59.7 Å². The van der Waals surface area contributed by atoms with Crippen LogP contribution in [0.1, 0.15) is 30.0 Å². The maximum Gasteiger partial charge on any atom is 0.231 e. The number of ether oxygens (including phenoxy) is 2. The Morgan fingerprint density at radius 3 is 2.83 bits per heavy atom. The van der Waals surface area contributed by atoms with E-state index in [0.717, 1.165) is 24.6 Å². The molecule has 4 rings (SSSR count). The van der Waals surface area contributed by atoms with E-state index >= 15 is 0 Å². The third-order valence-electron chi connectivity index (χ3n) is 4.62. The maximum atomic E-state index is 5.46. The smallest absolute Gasteiger partial charge is 0.231 e. The molecule has 2 aliphatic rings. The molecule has 1 fully saturated rings. The van der Waals surface area contributed by atoms with Crippen LogP contribution in [-0.4, -0.2) is 19.4 Å². The molecule has 0 aromatic heterocycles. The summed E-state index contributed by atoms with van der Waals surface area (Å²) in [5.41, 5.74) is 2.59. The predicted octanol–water partition coefficient (Wildman–Crippen LogP) is 3.00. The fraction of sp³-hybridized carbons (Fsp3) is 0.368. The zero-order chi connectivity index (χ0) is 15.5. The first-order valence-corrected chi connectivity index (χ1v) is 8.30. The summed E-state index contributed by atoms with van der Waals surface area (Å²) in [6, 6.07) is 17.7. The number of hydrogen-bond donors (Lipinski definition) is 2. The molecule has 23 heavy (non-hydrogen) atoms. The van der Waals surface area contributed by atoms with Crippen LogP contribution >= 0.6 is 0 Å². The van der Waals surface area contributed by atoms with Gasteiger partial charge in [0, 0.05) is 18.6 Å². The van der Waals surface area contributed by atoms with E-state index in [2.05, 4.69) is 53.1 Å². The van der Waals surface area contributed by atoms with Crippen LogP contribution in [-0.2, 0) is 6.54 Å². The molecule has 2 aromatic rings. The highest BCUT2D eigenvalue weighted by Gasteiger charge is 2.25. The topological polar surface area (TPSA) is 42.5 Å². The molecule has 2 aliphatic heterocycles. The van der Waals surface area contributed by atoms with Gasteiger partial charge in [-0.25, -0.2) is 0 Å². The number of fused-ring (bicyclic) bond motifs is 1. The van der Waals surface area contributed by atoms with Gasteiger partial charge in [-0.3, -0.25) is 0 Å². The number of rotatable bonds is 4. The van der Waals surface area contributed by atoms with Gasteiger partial charge in [0.05, 0.1) is 0 Å². The number of piperidine rings is 1. The van der Waals surface area contributed by atoms with Gasteiger partial charge in [0.25, 0.3) is 0 Å². The molecule has 4 nitrogen and oxygen atoms in total. The summed E-state index contributed by atoms with van der Waals surface area (Å²) >= 11 is 0. The number of nitrogens with one attached hydrogen (secondary N) is 2. The molecule has 0 aliphatic carbocycles. The fourth-order valence-corrected chi connectivity index (χ4v) is 3.42. The third-order valence-corrected chi connectivity index (χ3v) is 4.62. The molecule has 0 radical (unpaired) electrons. The molecule has 2 atom stereocenters. The quantitative estimate of drug-likeness (QED) is 0.911. The minimum atomic E-state index is 0.328. The Hall–Kier alpha value is -2.04. The molecule has 0 spiro atoms. The van der Waals surface area contributed by atoms with Gasteiger partial charge in [0.1, 0.15) is 0 Å². The summed E-state index contributed by atoms with van der Waals surface area (Å²) in [5, 5.41) is 7.37. The minimum Gasteiger partial charge on any atom is -0.454 e. The number of hydrogen-bond acceptors (Lipinski definition) is 4. The van der Waals surface area contributed by atoms with Crippen molar-refractivity contribution in [1.82, 2.24) is 10.6 Å². The van der Waals surface area contributed by atoms with Gasteiger partial charge in [0.2, 0.25) is 6.79 Å². The second-order valence-corrected chi connectivity index (χ2v) is 6.16. The van der Waals surface area contributed by atoms with Crippen LogP contribution in [0, 0.1) is 0 Å². The summed E-state index contributed by atoms with van der Waals surface area (Å²) in [6.45, 7) is 2.25. The van der Waals surface area contributed by atoms with Crippen molar-refractivity contribution in [2.75, 3.05) is 13.3 Å². The Morgan fingerprint density at radius 2 is 1.91 bits per heavy atom. The zero-order valence-electron chi connectivity index (χ0n) is 13.1. The van der Waals surface area contributed by atoms with E-state index in [-0.39, 0.29) is 0 Å². The van der Waals surface area contributed by atoms with Crippen molar-refractivity contribution in [3.63, 3.8) is 0 Å². The van der Waals surface area contributed by atoms with Crippen LogP contribution in [0.15, 0.2) is 48.5 Å². The van der Waals surface area contributed by atoms with Gasteiger partial charge in [-0.15, -0.1) is 0 Å². The molecular weight excluding hydrogens is 288 g/mol. The Kier molecular flexibility index (Phi) is 4.18. The van der Waals surface area contributed by atoms with Crippen molar-refractivity contribution in [1.29, 1.82) is 0 Å². The first kappa shape index (κ1) is 14.5. The van der Waals surface area contributed by atoms with Crippen molar-refractivity contribution in [3.8, 4) is 11.5 Å². The Morgan fingerprint density at radius 1 is 1.04 bits per heavy atom. The summed E-state index contributed by atoms with van der Waals surface area (Å²) < 4.78 is 10.8. The van der Waals surface area contributed by atoms with Gasteiger partial charge in [-0.1, -0.05) is 36.4 Å². The second kappa shape index (κ2) is 6.60. The van der Waals surface area contributed by atoms with E-state index in [1.165, 1.54) is 24.0 Å². The van der Waals surface area contributed by atoms with Crippen molar-refractivity contribution < 1.29 is 9.47 Å². The highest BCUT2D eigenvalue weighted by molar-refractivity contribution is 5.44. The molecule has 120 valence electrons. The fourth-order valence-electron chi connectivity index (χ4n) is 3.42. The Bertz CT molecular complexity index is 660. The van der Waals surface area contributed by atoms with E-state index in [0.29, 0.717) is 18.9 Å². The zero-order valence-corrected chi connectivity index (χ0v) is 13.1. The largest absolute Gasteiger partial charge is 0.454 e. The summed E-state index contributed by atoms with van der Waals surface area (Å²) in [4.78, 5) is 0. The monoisotopic (exact) mass is 310 g/mol. The van der Waals surface area contributed by atoms with Crippen molar-refractivity contribution in [2.45, 2.75) is 31.5 Å². The van der Waals surface area contributed by atoms with Gasteiger partial charge in [0.15, 0.2) is 11.5 Å². The lowest BCUT2D eigenvalue weighted by atomic mass is 9.92. The SMILES string of the molecule is c1ccc([C@@H]2NCCC[C@@H]2NCc2ccc3c(c2)OCO3)cc1. The summed E-state index contributed by atoms with van der Waals surface area (Å²) in [7, 11) is 0. The van der Waals surface area contributed by atoms with E-state index in [9.17, 15) is 0 Å². The van der Waals surface area contributed by atoms with Crippen LogP contribution in [0.25, 0.3) is 0 Å². The van der Waals surface area contributed by atoms with Crippen LogP contribution in [0.4, 0.5) is 0 Å². The molecular formula is C19H22N2O2. The first-order valence-electron chi connectivity index (χ1n) is 8.30. The lowest BCUT2D eigenvalue weighted by molar-refractivity contribution is 0.174. The third kappa shape index (κ3) is 3.19. The van der Waals surface area contributed by atoms with Gasteiger partial charge >= 0.3 is 0 Å². The standard InChI is InChI=1S/C19H22N2O2/c1-2-5-15(6-3-1)19-16(7-4-10-20-19)21-12-14-8-9-17-18(11-14)23-13-22-17/h1-3,5-6,8-9,11,16,19-21H,4,7,10,12-13H2/t16-,19-/m0/s1. The van der Waals surface area contributed by atoms with Crippen LogP contribution in [0.3, 0.4) is 0 Å². The molecule has 0 amide bonds. The lowest BCUT2D eigenvalue weighted by Crippen LogP contribution is -2.45. The molecule has 0 saturated carbocycles. The Labute approximate surface area is 136 Å². The molecule has 0 bridgehead atoms. The predicted molar refractivity (Wildman–Crippen MR) is 89.6 cm³/mol. The average molecular weight is 310 g/mol. The lowest BCUT2D eigenvalue weighted by Gasteiger charge is -2.34. The first-order chi connectivity index (χ1) is 11.4. The number of benzene rings is 2. The summed E-state index contributed by atoms with van der Waals surface area (Å²) in [6.07, 6.45) is 2.40. The molecule has 1 saturated heterocycles. The van der Waals surface area contributed by atoms with Crippen molar-refractivity contribution >= 4 is 0 Å². The second-order valence-electron chi connectivity index (χ2n) is 6.16. The van der Waals surface area contributed by atoms with Crippen LogP contribution in [0.5, 0.6) is 11.5 Å². The summed E-state index contributed by atoms with van der Waals surface area (Å²) in [5.74, 6) is 1.70. The van der Waals surface area contributed by atoms with E-state index in [4.69, 9.17) is 9.47 Å². The minimum absolute atomic E-state index is 0.328. The van der Waals surface area contributed by atoms with Crippen molar-refractivity contribution in [2.24, 2.45) is 0 Å². The van der Waals surface area contributed by atoms with Gasteiger partial charge in [-0.2, -0.15) is 0 Å².